The van der Waals surface area contributed by atoms with Crippen LogP contribution in [0.3, 0.4) is 0 Å². The third-order valence-electron chi connectivity index (χ3n) is 7.17. The number of carbonyl (C=O) groups excluding carboxylic acids is 1. The van der Waals surface area contributed by atoms with Gasteiger partial charge < -0.3 is 24.4 Å². The zero-order valence-corrected chi connectivity index (χ0v) is 21.1. The Bertz CT molecular complexity index is 1100. The minimum atomic E-state index is -5.08. The van der Waals surface area contributed by atoms with Gasteiger partial charge in [-0.15, -0.1) is 0 Å². The fourth-order valence-corrected chi connectivity index (χ4v) is 5.13. The van der Waals surface area contributed by atoms with Gasteiger partial charge in [-0.3, -0.25) is 4.98 Å². The minimum Gasteiger partial charge on any atom is -0.494 e. The first-order valence-electron chi connectivity index (χ1n) is 12.9. The smallest absolute Gasteiger partial charge is 0.490 e. The van der Waals surface area contributed by atoms with Crippen molar-refractivity contribution < 1.29 is 37.3 Å². The number of pyridine rings is 1. The Labute approximate surface area is 219 Å². The van der Waals surface area contributed by atoms with Crippen LogP contribution in [0, 0.1) is 0 Å². The number of hydrogen-bond donors (Lipinski definition) is 1. The molecule has 5 rings (SSSR count). The molecule has 4 heterocycles. The molecule has 8 nitrogen and oxygen atoms in total. The maximum atomic E-state index is 12.2. The number of carboxylic acid groups (broad SMARTS) is 1. The highest BCUT2D eigenvalue weighted by atomic mass is 19.4. The van der Waals surface area contributed by atoms with E-state index in [4.69, 9.17) is 19.4 Å². The van der Waals surface area contributed by atoms with Crippen LogP contribution in [0.2, 0.25) is 0 Å². The number of benzene rings is 1. The second-order valence-corrected chi connectivity index (χ2v) is 9.69. The number of carbonyl (C=O) groups is 2. The van der Waals surface area contributed by atoms with E-state index in [0.717, 1.165) is 56.8 Å². The Hall–Kier alpha value is -3.34. The Balaban J connectivity index is 0.000000426. The molecule has 3 aliphatic heterocycles. The van der Waals surface area contributed by atoms with E-state index in [1.807, 2.05) is 0 Å². The molecule has 2 aromatic rings. The lowest BCUT2D eigenvalue weighted by Gasteiger charge is -2.39. The summed E-state index contributed by atoms with van der Waals surface area (Å²) in [5.74, 6) is -2.04. The third kappa shape index (κ3) is 6.75. The first-order chi connectivity index (χ1) is 18.2. The van der Waals surface area contributed by atoms with Crippen LogP contribution in [-0.4, -0.2) is 72.4 Å². The number of aliphatic carboxylic acids is 1. The van der Waals surface area contributed by atoms with Crippen molar-refractivity contribution in [3.63, 3.8) is 0 Å². The topological polar surface area (TPSA) is 92.2 Å². The summed E-state index contributed by atoms with van der Waals surface area (Å²) in [6, 6.07) is 10.2. The van der Waals surface area contributed by atoms with Gasteiger partial charge in [-0.2, -0.15) is 13.2 Å². The predicted octanol–water partition coefficient (Wildman–Crippen LogP) is 4.64. The molecule has 206 valence electrons. The Morgan fingerprint density at radius 3 is 2.34 bits per heavy atom. The molecule has 0 amide bonds. The van der Waals surface area contributed by atoms with Crippen molar-refractivity contribution in [1.29, 1.82) is 0 Å². The highest BCUT2D eigenvalue weighted by Gasteiger charge is 2.47. The fourth-order valence-electron chi connectivity index (χ4n) is 5.13. The summed E-state index contributed by atoms with van der Waals surface area (Å²) in [7, 11) is 0. The number of carboxylic acids is 1. The van der Waals surface area contributed by atoms with Gasteiger partial charge in [0.25, 0.3) is 0 Å². The summed E-state index contributed by atoms with van der Waals surface area (Å²) < 4.78 is 43.5. The van der Waals surface area contributed by atoms with Crippen molar-refractivity contribution >= 4 is 17.6 Å². The molecule has 3 aliphatic rings. The van der Waals surface area contributed by atoms with Crippen LogP contribution in [-0.2, 0) is 15.1 Å². The second kappa shape index (κ2) is 12.0. The van der Waals surface area contributed by atoms with Crippen molar-refractivity contribution in [3.05, 3.63) is 53.9 Å². The number of likely N-dealkylation sites (tertiary alicyclic amines) is 1. The molecule has 0 bridgehead atoms. The summed E-state index contributed by atoms with van der Waals surface area (Å²) in [5, 5.41) is 7.12. The molecular weight excluding hydrogens is 503 g/mol. The van der Waals surface area contributed by atoms with Gasteiger partial charge in [-0.25, -0.2) is 9.59 Å². The van der Waals surface area contributed by atoms with Crippen LogP contribution >= 0.6 is 0 Å². The molecule has 11 heteroatoms. The van der Waals surface area contributed by atoms with Gasteiger partial charge in [-0.05, 0) is 62.7 Å². The molecule has 0 unspecified atom stereocenters. The van der Waals surface area contributed by atoms with Crippen LogP contribution in [0.1, 0.15) is 54.4 Å². The van der Waals surface area contributed by atoms with Crippen molar-refractivity contribution in [2.45, 2.75) is 50.3 Å². The van der Waals surface area contributed by atoms with E-state index in [2.05, 4.69) is 39.0 Å². The normalized spacial score (nSPS) is 18.8. The van der Waals surface area contributed by atoms with Crippen LogP contribution in [0.5, 0.6) is 5.75 Å². The third-order valence-corrected chi connectivity index (χ3v) is 7.17. The standard InChI is InChI=1S/C25H31N3O3.C2HF3O2/c29-24-22-9-12-26-19-23(22)25(31-24)10-16-28(17-11-25)20-5-7-21(8-6-20)30-18-4-15-27-13-2-1-3-14-27;3-2(4,5)1(6)7/h5-9,12,19H,1-4,10-11,13-18H2;(H,6,7). The number of anilines is 1. The van der Waals surface area contributed by atoms with Crippen molar-refractivity contribution in [2.24, 2.45) is 0 Å². The van der Waals surface area contributed by atoms with Gasteiger partial charge in [0.15, 0.2) is 0 Å². The molecule has 1 spiro atoms. The summed E-state index contributed by atoms with van der Waals surface area (Å²) in [6.45, 7) is 6.08. The molecule has 0 atom stereocenters. The minimum absolute atomic E-state index is 0.215. The first-order valence-corrected chi connectivity index (χ1v) is 12.9. The zero-order chi connectivity index (χ0) is 27.2. The number of esters is 1. The number of hydrogen-bond acceptors (Lipinski definition) is 7. The number of aromatic nitrogens is 1. The number of alkyl halides is 3. The average Bonchev–Trinajstić information content (AvgIpc) is 3.19. The van der Waals surface area contributed by atoms with E-state index in [1.54, 1.807) is 18.5 Å². The van der Waals surface area contributed by atoms with Crippen molar-refractivity contribution in [3.8, 4) is 5.75 Å². The summed E-state index contributed by atoms with van der Waals surface area (Å²) in [4.78, 5) is 30.3. The summed E-state index contributed by atoms with van der Waals surface area (Å²) >= 11 is 0. The maximum absolute atomic E-state index is 12.2. The van der Waals surface area contributed by atoms with Gasteiger partial charge in [0.1, 0.15) is 11.4 Å². The maximum Gasteiger partial charge on any atom is 0.490 e. The molecular formula is C27H32F3N3O5. The van der Waals surface area contributed by atoms with Crippen LogP contribution in [0.25, 0.3) is 0 Å². The molecule has 2 saturated heterocycles. The molecule has 2 fully saturated rings. The number of piperidine rings is 2. The van der Waals surface area contributed by atoms with Gasteiger partial charge in [-0.1, -0.05) is 6.42 Å². The lowest BCUT2D eigenvalue weighted by atomic mass is 9.84. The number of fused-ring (bicyclic) bond motifs is 2. The van der Waals surface area contributed by atoms with Crippen LogP contribution in [0.4, 0.5) is 18.9 Å². The number of ether oxygens (including phenoxy) is 2. The highest BCUT2D eigenvalue weighted by molar-refractivity contribution is 5.94. The van der Waals surface area contributed by atoms with E-state index in [1.165, 1.54) is 38.0 Å². The number of nitrogens with zero attached hydrogens (tertiary/aromatic N) is 3. The first kappa shape index (κ1) is 27.7. The fraction of sp³-hybridized carbons (Fsp3) is 0.519. The summed E-state index contributed by atoms with van der Waals surface area (Å²) in [6.07, 6.45) is 5.08. The Morgan fingerprint density at radius 2 is 1.71 bits per heavy atom. The van der Waals surface area contributed by atoms with Crippen molar-refractivity contribution in [2.75, 3.05) is 44.2 Å². The van der Waals surface area contributed by atoms with E-state index < -0.39 is 17.7 Å². The van der Waals surface area contributed by atoms with Gasteiger partial charge in [0.05, 0.1) is 12.2 Å². The lowest BCUT2D eigenvalue weighted by Crippen LogP contribution is -2.42. The predicted molar refractivity (Wildman–Crippen MR) is 133 cm³/mol. The molecule has 1 aromatic heterocycles. The molecule has 0 radical (unpaired) electrons. The van der Waals surface area contributed by atoms with Gasteiger partial charge >= 0.3 is 18.1 Å². The number of halogens is 3. The van der Waals surface area contributed by atoms with E-state index in [-0.39, 0.29) is 5.97 Å². The van der Waals surface area contributed by atoms with Crippen LogP contribution in [0.15, 0.2) is 42.7 Å². The lowest BCUT2D eigenvalue weighted by molar-refractivity contribution is -0.192. The quantitative estimate of drug-likeness (QED) is 0.423. The highest BCUT2D eigenvalue weighted by Crippen LogP contribution is 2.44. The molecule has 0 saturated carbocycles. The molecule has 1 N–H and O–H groups in total. The molecule has 1 aromatic carbocycles. The Morgan fingerprint density at radius 1 is 1.05 bits per heavy atom. The van der Waals surface area contributed by atoms with E-state index >= 15 is 0 Å². The van der Waals surface area contributed by atoms with Gasteiger partial charge in [0.2, 0.25) is 0 Å². The van der Waals surface area contributed by atoms with Crippen LogP contribution < -0.4 is 9.64 Å². The Kier molecular flexibility index (Phi) is 8.76. The molecule has 38 heavy (non-hydrogen) atoms. The largest absolute Gasteiger partial charge is 0.494 e. The zero-order valence-electron chi connectivity index (χ0n) is 21.1. The monoisotopic (exact) mass is 535 g/mol. The summed E-state index contributed by atoms with van der Waals surface area (Å²) in [5.41, 5.74) is 2.30. The van der Waals surface area contributed by atoms with E-state index in [0.29, 0.717) is 5.56 Å². The van der Waals surface area contributed by atoms with E-state index in [9.17, 15) is 18.0 Å². The van der Waals surface area contributed by atoms with Gasteiger partial charge in [0, 0.05) is 56.1 Å². The second-order valence-electron chi connectivity index (χ2n) is 9.69. The number of rotatable bonds is 6. The van der Waals surface area contributed by atoms with Crippen molar-refractivity contribution in [1.82, 2.24) is 9.88 Å². The average molecular weight is 536 g/mol. The SMILES string of the molecule is O=C(O)C(F)(F)F.O=C1OC2(CCN(c3ccc(OCCCN4CCCCC4)cc3)CC2)c2cnccc21. The molecule has 0 aliphatic carbocycles.